The first kappa shape index (κ1) is 15.1. The Bertz CT molecular complexity index is 454. The van der Waals surface area contributed by atoms with Crippen molar-refractivity contribution in [3.8, 4) is 5.75 Å². The van der Waals surface area contributed by atoms with Crippen molar-refractivity contribution in [1.29, 1.82) is 0 Å². The Morgan fingerprint density at radius 1 is 1.47 bits per heavy atom. The highest BCUT2D eigenvalue weighted by Gasteiger charge is 2.51. The van der Waals surface area contributed by atoms with Gasteiger partial charge in [-0.2, -0.15) is 0 Å². The highest BCUT2D eigenvalue weighted by Crippen LogP contribution is 2.47. The molecular weight excluding hydrogens is 326 g/mol. The number of ether oxygens (including phenoxy) is 1. The maximum atomic E-state index is 6.19. The smallest absolute Gasteiger partial charge is 0.139 e. The minimum atomic E-state index is 0.182. The summed E-state index contributed by atoms with van der Waals surface area (Å²) in [7, 11) is 0. The standard InChI is InChI=1S/C15H21BrClNO/c1-4-15(3)13(18-5-2)9-14(15)19-12-8-10(16)6-7-11(12)17/h6-8,13-14,18H,4-5,9H2,1-3H3. The van der Waals surface area contributed by atoms with Crippen LogP contribution in [0.3, 0.4) is 0 Å². The van der Waals surface area contributed by atoms with Gasteiger partial charge in [0, 0.05) is 22.4 Å². The van der Waals surface area contributed by atoms with E-state index in [1.807, 2.05) is 18.2 Å². The largest absolute Gasteiger partial charge is 0.488 e. The van der Waals surface area contributed by atoms with E-state index in [1.54, 1.807) is 0 Å². The summed E-state index contributed by atoms with van der Waals surface area (Å²) in [6.45, 7) is 7.67. The summed E-state index contributed by atoms with van der Waals surface area (Å²) in [5.74, 6) is 0.774. The van der Waals surface area contributed by atoms with E-state index >= 15 is 0 Å². The van der Waals surface area contributed by atoms with Crippen molar-refractivity contribution in [2.75, 3.05) is 6.54 Å². The molecule has 0 saturated heterocycles. The van der Waals surface area contributed by atoms with Crippen molar-refractivity contribution < 1.29 is 4.74 Å². The molecule has 0 radical (unpaired) electrons. The van der Waals surface area contributed by atoms with Crippen LogP contribution < -0.4 is 10.1 Å². The van der Waals surface area contributed by atoms with E-state index in [1.165, 1.54) is 0 Å². The molecule has 0 aliphatic heterocycles. The van der Waals surface area contributed by atoms with Gasteiger partial charge in [-0.15, -0.1) is 0 Å². The van der Waals surface area contributed by atoms with Crippen molar-refractivity contribution in [3.63, 3.8) is 0 Å². The molecule has 1 N–H and O–H groups in total. The fraction of sp³-hybridized carbons (Fsp3) is 0.600. The van der Waals surface area contributed by atoms with Gasteiger partial charge in [-0.3, -0.25) is 0 Å². The second-order valence-electron chi connectivity index (χ2n) is 5.39. The third-order valence-corrected chi connectivity index (χ3v) is 5.16. The molecule has 1 aliphatic rings. The second kappa shape index (κ2) is 6.02. The zero-order chi connectivity index (χ0) is 14.0. The summed E-state index contributed by atoms with van der Waals surface area (Å²) in [5, 5.41) is 4.22. The van der Waals surface area contributed by atoms with Gasteiger partial charge in [0.25, 0.3) is 0 Å². The number of hydrogen-bond donors (Lipinski definition) is 1. The third-order valence-electron chi connectivity index (χ3n) is 4.36. The van der Waals surface area contributed by atoms with Gasteiger partial charge >= 0.3 is 0 Å². The van der Waals surface area contributed by atoms with Crippen LogP contribution in [0.25, 0.3) is 0 Å². The number of nitrogens with one attached hydrogen (secondary N) is 1. The van der Waals surface area contributed by atoms with Gasteiger partial charge in [-0.25, -0.2) is 0 Å². The number of halogens is 2. The van der Waals surface area contributed by atoms with Crippen LogP contribution in [0, 0.1) is 5.41 Å². The van der Waals surface area contributed by atoms with E-state index in [0.29, 0.717) is 11.1 Å². The quantitative estimate of drug-likeness (QED) is 0.838. The summed E-state index contributed by atoms with van der Waals surface area (Å²) < 4.78 is 7.14. The Labute approximate surface area is 129 Å². The van der Waals surface area contributed by atoms with Crippen molar-refractivity contribution in [3.05, 3.63) is 27.7 Å². The lowest BCUT2D eigenvalue weighted by atomic mass is 9.61. The van der Waals surface area contributed by atoms with Gasteiger partial charge in [-0.1, -0.05) is 48.3 Å². The van der Waals surface area contributed by atoms with Crippen molar-refractivity contribution in [2.45, 2.75) is 45.8 Å². The summed E-state index contributed by atoms with van der Waals surface area (Å²) >= 11 is 9.65. The van der Waals surface area contributed by atoms with Crippen LogP contribution in [0.2, 0.25) is 5.02 Å². The van der Waals surface area contributed by atoms with Crippen LogP contribution in [-0.2, 0) is 0 Å². The lowest BCUT2D eigenvalue weighted by Gasteiger charge is -2.53. The molecule has 1 saturated carbocycles. The number of rotatable bonds is 5. The molecule has 106 valence electrons. The zero-order valence-corrected chi connectivity index (χ0v) is 14.0. The predicted octanol–water partition coefficient (Wildman–Crippen LogP) is 4.65. The van der Waals surface area contributed by atoms with Crippen LogP contribution in [-0.4, -0.2) is 18.7 Å². The predicted molar refractivity (Wildman–Crippen MR) is 84.0 cm³/mol. The molecule has 0 heterocycles. The van der Waals surface area contributed by atoms with Crippen LogP contribution in [0.15, 0.2) is 22.7 Å². The summed E-state index contributed by atoms with van der Waals surface area (Å²) in [6.07, 6.45) is 2.37. The highest BCUT2D eigenvalue weighted by molar-refractivity contribution is 9.10. The van der Waals surface area contributed by atoms with Crippen LogP contribution in [0.5, 0.6) is 5.75 Å². The topological polar surface area (TPSA) is 21.3 Å². The van der Waals surface area contributed by atoms with Gasteiger partial charge in [-0.05, 0) is 31.2 Å². The van der Waals surface area contributed by atoms with Crippen LogP contribution >= 0.6 is 27.5 Å². The maximum absolute atomic E-state index is 6.19. The second-order valence-corrected chi connectivity index (χ2v) is 6.71. The Morgan fingerprint density at radius 3 is 2.84 bits per heavy atom. The van der Waals surface area contributed by atoms with E-state index in [-0.39, 0.29) is 11.5 Å². The minimum absolute atomic E-state index is 0.182. The number of hydrogen-bond acceptors (Lipinski definition) is 2. The SMILES string of the molecule is CCNC1CC(Oc2cc(Br)ccc2Cl)C1(C)CC. The maximum Gasteiger partial charge on any atom is 0.139 e. The van der Waals surface area contributed by atoms with E-state index in [2.05, 4.69) is 42.0 Å². The van der Waals surface area contributed by atoms with Gasteiger partial charge in [0.15, 0.2) is 0 Å². The van der Waals surface area contributed by atoms with Gasteiger partial charge in [0.2, 0.25) is 0 Å². The van der Waals surface area contributed by atoms with Gasteiger partial charge in [0.05, 0.1) is 5.02 Å². The van der Waals surface area contributed by atoms with Gasteiger partial charge in [0.1, 0.15) is 11.9 Å². The van der Waals surface area contributed by atoms with Crippen molar-refractivity contribution >= 4 is 27.5 Å². The fourth-order valence-corrected chi connectivity index (χ4v) is 3.26. The van der Waals surface area contributed by atoms with Crippen molar-refractivity contribution in [2.24, 2.45) is 5.41 Å². The Hall–Kier alpha value is -0.250. The Balaban J connectivity index is 2.10. The summed E-state index contributed by atoms with van der Waals surface area (Å²) in [5.41, 5.74) is 0.182. The molecule has 1 aromatic rings. The molecule has 2 rings (SSSR count). The first-order valence-corrected chi connectivity index (χ1v) is 8.03. The molecule has 0 aromatic heterocycles. The average Bonchev–Trinajstić information content (AvgIpc) is 2.40. The summed E-state index contributed by atoms with van der Waals surface area (Å²) in [6, 6.07) is 6.28. The fourth-order valence-electron chi connectivity index (χ4n) is 2.76. The molecule has 3 unspecified atom stereocenters. The minimum Gasteiger partial charge on any atom is -0.488 e. The first-order chi connectivity index (χ1) is 9.01. The summed E-state index contributed by atoms with van der Waals surface area (Å²) in [4.78, 5) is 0. The molecule has 19 heavy (non-hydrogen) atoms. The molecule has 2 nitrogen and oxygen atoms in total. The van der Waals surface area contributed by atoms with E-state index in [0.717, 1.165) is 29.6 Å². The molecule has 1 fully saturated rings. The molecular formula is C15H21BrClNO. The van der Waals surface area contributed by atoms with E-state index in [4.69, 9.17) is 16.3 Å². The molecule has 4 heteroatoms. The lowest BCUT2D eigenvalue weighted by Crippen LogP contribution is -2.63. The first-order valence-electron chi connectivity index (χ1n) is 6.86. The normalized spacial score (nSPS) is 29.9. The molecule has 0 amide bonds. The average molecular weight is 347 g/mol. The molecule has 3 atom stereocenters. The van der Waals surface area contributed by atoms with Crippen LogP contribution in [0.4, 0.5) is 0 Å². The monoisotopic (exact) mass is 345 g/mol. The Morgan fingerprint density at radius 2 is 2.21 bits per heavy atom. The highest BCUT2D eigenvalue weighted by atomic mass is 79.9. The zero-order valence-electron chi connectivity index (χ0n) is 11.7. The molecule has 1 aliphatic carbocycles. The lowest BCUT2D eigenvalue weighted by molar-refractivity contribution is -0.0696. The molecule has 1 aromatic carbocycles. The van der Waals surface area contributed by atoms with Crippen molar-refractivity contribution in [1.82, 2.24) is 5.32 Å². The molecule has 0 bridgehead atoms. The number of benzene rings is 1. The van der Waals surface area contributed by atoms with Crippen LogP contribution in [0.1, 0.15) is 33.6 Å². The van der Waals surface area contributed by atoms with Gasteiger partial charge < -0.3 is 10.1 Å². The van der Waals surface area contributed by atoms with E-state index < -0.39 is 0 Å². The molecule has 0 spiro atoms. The third kappa shape index (κ3) is 2.93. The van der Waals surface area contributed by atoms with E-state index in [9.17, 15) is 0 Å². The Kier molecular flexibility index (Phi) is 4.80.